The van der Waals surface area contributed by atoms with E-state index in [4.69, 9.17) is 9.84 Å². The van der Waals surface area contributed by atoms with E-state index in [1.165, 1.54) is 4.90 Å². The van der Waals surface area contributed by atoms with E-state index in [0.29, 0.717) is 0 Å². The van der Waals surface area contributed by atoms with Gasteiger partial charge in [0, 0.05) is 18.6 Å². The number of hydrogen-bond acceptors (Lipinski definition) is 5. The zero-order chi connectivity index (χ0) is 16.3. The van der Waals surface area contributed by atoms with Crippen LogP contribution in [0.1, 0.15) is 13.8 Å². The SMILES string of the molecule is CC(C)(CNC(=O)N1CCOC(C(=O)O)C1)NS(C)(=O)=O. The van der Waals surface area contributed by atoms with Crippen molar-refractivity contribution in [1.82, 2.24) is 14.9 Å². The number of carboxylic acids is 1. The Balaban J connectivity index is 2.51. The molecule has 1 aliphatic rings. The second-order valence-electron chi connectivity index (χ2n) is 5.56. The Morgan fingerprint density at radius 3 is 2.57 bits per heavy atom. The predicted molar refractivity (Wildman–Crippen MR) is 74.4 cm³/mol. The highest BCUT2D eigenvalue weighted by Gasteiger charge is 2.30. The second-order valence-corrected chi connectivity index (χ2v) is 7.31. The van der Waals surface area contributed by atoms with Crippen LogP contribution in [0.15, 0.2) is 0 Å². The second kappa shape index (κ2) is 6.58. The van der Waals surface area contributed by atoms with Crippen molar-refractivity contribution in [2.75, 3.05) is 32.5 Å². The molecule has 0 aromatic carbocycles. The molecule has 0 radical (unpaired) electrons. The van der Waals surface area contributed by atoms with Crippen LogP contribution in [-0.4, -0.2) is 74.6 Å². The molecule has 122 valence electrons. The van der Waals surface area contributed by atoms with Gasteiger partial charge in [0.1, 0.15) is 0 Å². The van der Waals surface area contributed by atoms with E-state index in [1.807, 2.05) is 0 Å². The molecule has 2 amide bonds. The fourth-order valence-corrected chi connectivity index (χ4v) is 3.01. The summed E-state index contributed by atoms with van der Waals surface area (Å²) in [6, 6.07) is -0.451. The average molecular weight is 323 g/mol. The fourth-order valence-electron chi connectivity index (χ4n) is 1.93. The number of amides is 2. The predicted octanol–water partition coefficient (Wildman–Crippen LogP) is -1.19. The van der Waals surface area contributed by atoms with E-state index >= 15 is 0 Å². The van der Waals surface area contributed by atoms with E-state index in [1.54, 1.807) is 13.8 Å². The number of carboxylic acid groups (broad SMARTS) is 1. The summed E-state index contributed by atoms with van der Waals surface area (Å²) in [5, 5.41) is 11.5. The Labute approximate surface area is 123 Å². The van der Waals surface area contributed by atoms with Gasteiger partial charge in [-0.05, 0) is 13.8 Å². The molecule has 0 saturated carbocycles. The minimum Gasteiger partial charge on any atom is -0.479 e. The summed E-state index contributed by atoms with van der Waals surface area (Å²) in [4.78, 5) is 24.1. The maximum Gasteiger partial charge on any atom is 0.334 e. The third kappa shape index (κ3) is 6.27. The lowest BCUT2D eigenvalue weighted by atomic mass is 10.1. The van der Waals surface area contributed by atoms with Gasteiger partial charge in [-0.2, -0.15) is 0 Å². The Morgan fingerprint density at radius 1 is 1.43 bits per heavy atom. The van der Waals surface area contributed by atoms with Crippen LogP contribution in [0.25, 0.3) is 0 Å². The summed E-state index contributed by atoms with van der Waals surface area (Å²) in [6.07, 6.45) is 0.00220. The number of rotatable bonds is 5. The Morgan fingerprint density at radius 2 is 2.05 bits per heavy atom. The number of urea groups is 1. The number of ether oxygens (including phenoxy) is 1. The molecule has 0 spiro atoms. The largest absolute Gasteiger partial charge is 0.479 e. The zero-order valence-electron chi connectivity index (χ0n) is 12.2. The molecule has 0 bridgehead atoms. The van der Waals surface area contributed by atoms with Crippen LogP contribution in [0.4, 0.5) is 4.79 Å². The lowest BCUT2D eigenvalue weighted by Crippen LogP contribution is -2.56. The van der Waals surface area contributed by atoms with Gasteiger partial charge in [0.25, 0.3) is 0 Å². The molecule has 0 aromatic rings. The molecule has 3 N–H and O–H groups in total. The Kier molecular flexibility index (Phi) is 5.54. The van der Waals surface area contributed by atoms with Gasteiger partial charge in [-0.1, -0.05) is 0 Å². The first-order valence-corrected chi connectivity index (χ1v) is 8.25. The summed E-state index contributed by atoms with van der Waals surface area (Å²) in [5.74, 6) is -1.12. The molecular weight excluding hydrogens is 302 g/mol. The minimum atomic E-state index is -3.39. The van der Waals surface area contributed by atoms with Crippen LogP contribution in [0.3, 0.4) is 0 Å². The molecule has 10 heteroatoms. The van der Waals surface area contributed by atoms with Crippen molar-refractivity contribution in [2.24, 2.45) is 0 Å². The zero-order valence-corrected chi connectivity index (χ0v) is 13.1. The van der Waals surface area contributed by atoms with Gasteiger partial charge in [0.05, 0.1) is 19.4 Å². The highest BCUT2D eigenvalue weighted by atomic mass is 32.2. The van der Waals surface area contributed by atoms with E-state index in [0.717, 1.165) is 6.26 Å². The maximum atomic E-state index is 12.0. The molecule has 0 aromatic heterocycles. The van der Waals surface area contributed by atoms with E-state index in [9.17, 15) is 18.0 Å². The standard InChI is InChI=1S/C11H21N3O6S/c1-11(2,13-21(3,18)19)7-12-10(17)14-4-5-20-8(6-14)9(15)16/h8,13H,4-7H2,1-3H3,(H,12,17)(H,15,16). The Bertz CT molecular complexity index is 504. The summed E-state index contributed by atoms with van der Waals surface area (Å²) >= 11 is 0. The molecule has 1 atom stereocenters. The van der Waals surface area contributed by atoms with E-state index < -0.39 is 33.7 Å². The van der Waals surface area contributed by atoms with Crippen molar-refractivity contribution in [3.63, 3.8) is 0 Å². The molecule has 1 heterocycles. The Hall–Kier alpha value is -1.39. The first-order chi connectivity index (χ1) is 9.50. The first kappa shape index (κ1) is 17.7. The topological polar surface area (TPSA) is 125 Å². The number of hydrogen-bond donors (Lipinski definition) is 3. The third-order valence-corrected chi connectivity index (χ3v) is 3.70. The quantitative estimate of drug-likeness (QED) is 0.584. The van der Waals surface area contributed by atoms with Crippen molar-refractivity contribution >= 4 is 22.0 Å². The molecule has 1 rings (SSSR count). The first-order valence-electron chi connectivity index (χ1n) is 6.36. The third-order valence-electron chi connectivity index (χ3n) is 2.77. The minimum absolute atomic E-state index is 0.0406. The summed E-state index contributed by atoms with van der Waals surface area (Å²) < 4.78 is 29.8. The number of morpholine rings is 1. The highest BCUT2D eigenvalue weighted by molar-refractivity contribution is 7.88. The van der Waals surface area contributed by atoms with Crippen LogP contribution < -0.4 is 10.0 Å². The number of nitrogens with zero attached hydrogens (tertiary/aromatic N) is 1. The number of aliphatic carboxylic acids is 1. The highest BCUT2D eigenvalue weighted by Crippen LogP contribution is 2.07. The molecule has 21 heavy (non-hydrogen) atoms. The molecule has 9 nitrogen and oxygen atoms in total. The fraction of sp³-hybridized carbons (Fsp3) is 0.818. The normalized spacial score (nSPS) is 20.1. The lowest BCUT2D eigenvalue weighted by molar-refractivity contribution is -0.154. The molecule has 1 fully saturated rings. The van der Waals surface area contributed by atoms with Crippen molar-refractivity contribution in [3.8, 4) is 0 Å². The van der Waals surface area contributed by atoms with Crippen LogP contribution in [0.2, 0.25) is 0 Å². The number of nitrogens with one attached hydrogen (secondary N) is 2. The van der Waals surface area contributed by atoms with Crippen LogP contribution >= 0.6 is 0 Å². The van der Waals surface area contributed by atoms with Gasteiger partial charge in [0.2, 0.25) is 10.0 Å². The molecular formula is C11H21N3O6S. The summed E-state index contributed by atoms with van der Waals surface area (Å²) in [7, 11) is -3.39. The van der Waals surface area contributed by atoms with Gasteiger partial charge < -0.3 is 20.1 Å². The molecule has 0 aliphatic carbocycles. The van der Waals surface area contributed by atoms with Crippen molar-refractivity contribution in [2.45, 2.75) is 25.5 Å². The molecule has 1 aliphatic heterocycles. The molecule has 1 saturated heterocycles. The van der Waals surface area contributed by atoms with Gasteiger partial charge in [-0.15, -0.1) is 0 Å². The van der Waals surface area contributed by atoms with Crippen LogP contribution in [0, 0.1) is 0 Å². The number of carbonyl (C=O) groups excluding carboxylic acids is 1. The maximum absolute atomic E-state index is 12.0. The summed E-state index contributed by atoms with van der Waals surface area (Å²) in [5.41, 5.74) is -0.846. The number of sulfonamides is 1. The van der Waals surface area contributed by atoms with Crippen molar-refractivity contribution in [3.05, 3.63) is 0 Å². The van der Waals surface area contributed by atoms with Crippen LogP contribution in [0.5, 0.6) is 0 Å². The van der Waals surface area contributed by atoms with Crippen molar-refractivity contribution < 1.29 is 27.9 Å². The van der Waals surface area contributed by atoms with E-state index in [-0.39, 0.29) is 26.2 Å². The monoisotopic (exact) mass is 323 g/mol. The molecule has 1 unspecified atom stereocenters. The number of carbonyl (C=O) groups is 2. The van der Waals surface area contributed by atoms with Crippen molar-refractivity contribution in [1.29, 1.82) is 0 Å². The smallest absolute Gasteiger partial charge is 0.334 e. The van der Waals surface area contributed by atoms with E-state index in [2.05, 4.69) is 10.0 Å². The van der Waals surface area contributed by atoms with Gasteiger partial charge in [-0.25, -0.2) is 22.7 Å². The average Bonchev–Trinajstić information content (AvgIpc) is 2.33. The lowest BCUT2D eigenvalue weighted by Gasteiger charge is -2.32. The van der Waals surface area contributed by atoms with Gasteiger partial charge >= 0.3 is 12.0 Å². The van der Waals surface area contributed by atoms with Crippen LogP contribution in [-0.2, 0) is 19.6 Å². The van der Waals surface area contributed by atoms with Gasteiger partial charge in [0.15, 0.2) is 6.10 Å². The van der Waals surface area contributed by atoms with Gasteiger partial charge in [-0.3, -0.25) is 0 Å². The summed E-state index contributed by atoms with van der Waals surface area (Å²) in [6.45, 7) is 3.74.